The molecule has 1 N–H and O–H groups in total. The van der Waals surface area contributed by atoms with E-state index in [2.05, 4.69) is 13.8 Å². The number of unbranched alkanes of at least 4 members (excludes halogenated alkanes) is 2. The Kier molecular flexibility index (Phi) is 9.86. The molecule has 0 aliphatic carbocycles. The molecule has 4 heteroatoms. The van der Waals surface area contributed by atoms with E-state index in [4.69, 9.17) is 4.74 Å². The molecule has 1 aromatic carbocycles. The first-order valence-electron chi connectivity index (χ1n) is 6.68. The van der Waals surface area contributed by atoms with Crippen LogP contribution >= 0.6 is 0 Å². The SMILES string of the molecule is CCCCOc1c(CCCC)cccc1C(=O)O.[Zr]. The van der Waals surface area contributed by atoms with Crippen LogP contribution in [-0.4, -0.2) is 17.7 Å². The molecule has 1 aromatic rings. The van der Waals surface area contributed by atoms with Crippen LogP contribution in [0.5, 0.6) is 5.75 Å². The van der Waals surface area contributed by atoms with Crippen LogP contribution in [0.2, 0.25) is 0 Å². The zero-order valence-corrected chi connectivity index (χ0v) is 14.2. The maximum absolute atomic E-state index is 11.2. The second-order valence-electron chi connectivity index (χ2n) is 4.40. The van der Waals surface area contributed by atoms with Gasteiger partial charge in [0.25, 0.3) is 0 Å². The van der Waals surface area contributed by atoms with Crippen LogP contribution in [0.4, 0.5) is 0 Å². The van der Waals surface area contributed by atoms with Crippen molar-refractivity contribution in [1.82, 2.24) is 0 Å². The van der Waals surface area contributed by atoms with E-state index in [1.807, 2.05) is 6.07 Å². The van der Waals surface area contributed by atoms with Crippen molar-refractivity contribution in [3.8, 4) is 5.75 Å². The minimum Gasteiger partial charge on any atom is -0.492 e. The summed E-state index contributed by atoms with van der Waals surface area (Å²) in [5, 5.41) is 9.19. The molecule has 19 heavy (non-hydrogen) atoms. The number of carboxylic acid groups (broad SMARTS) is 1. The number of ether oxygens (including phenoxy) is 1. The van der Waals surface area contributed by atoms with Crippen LogP contribution in [0, 0.1) is 0 Å². The monoisotopic (exact) mass is 340 g/mol. The summed E-state index contributed by atoms with van der Waals surface area (Å²) in [7, 11) is 0. The first-order valence-corrected chi connectivity index (χ1v) is 6.68. The van der Waals surface area contributed by atoms with Crippen LogP contribution in [0.25, 0.3) is 0 Å². The number of rotatable bonds is 8. The summed E-state index contributed by atoms with van der Waals surface area (Å²) in [6.07, 6.45) is 5.00. The average Bonchev–Trinajstić information content (AvgIpc) is 2.37. The molecule has 0 saturated heterocycles. The van der Waals surface area contributed by atoms with Crippen molar-refractivity contribution >= 4 is 5.97 Å². The van der Waals surface area contributed by atoms with Gasteiger partial charge in [-0.3, -0.25) is 0 Å². The van der Waals surface area contributed by atoms with E-state index in [0.717, 1.165) is 37.7 Å². The van der Waals surface area contributed by atoms with E-state index in [1.165, 1.54) is 0 Å². The largest absolute Gasteiger partial charge is 0.492 e. The Morgan fingerprint density at radius 2 is 1.89 bits per heavy atom. The van der Waals surface area contributed by atoms with Gasteiger partial charge in [-0.15, -0.1) is 0 Å². The van der Waals surface area contributed by atoms with Gasteiger partial charge in [-0.2, -0.15) is 0 Å². The summed E-state index contributed by atoms with van der Waals surface area (Å²) in [6.45, 7) is 4.79. The van der Waals surface area contributed by atoms with E-state index in [1.54, 1.807) is 12.1 Å². The molecule has 0 fully saturated rings. The van der Waals surface area contributed by atoms with Crippen LogP contribution in [0.3, 0.4) is 0 Å². The molecule has 0 bridgehead atoms. The Morgan fingerprint density at radius 3 is 2.47 bits per heavy atom. The van der Waals surface area contributed by atoms with Crippen molar-refractivity contribution in [3.05, 3.63) is 29.3 Å². The molecule has 0 aromatic heterocycles. The molecule has 0 spiro atoms. The van der Waals surface area contributed by atoms with Crippen molar-refractivity contribution in [2.24, 2.45) is 0 Å². The van der Waals surface area contributed by atoms with Crippen molar-refractivity contribution < 1.29 is 40.8 Å². The molecule has 0 heterocycles. The predicted molar refractivity (Wildman–Crippen MR) is 72.4 cm³/mol. The molecule has 0 saturated carbocycles. The predicted octanol–water partition coefficient (Wildman–Crippen LogP) is 3.90. The standard InChI is InChI=1S/C15H22O3.Zr/c1-3-5-8-12-9-7-10-13(15(16)17)14(12)18-11-6-4-2;/h7,9-10H,3-6,8,11H2,1-2H3,(H,16,17);. The second kappa shape index (κ2) is 10.2. The van der Waals surface area contributed by atoms with E-state index in [-0.39, 0.29) is 31.8 Å². The molecule has 3 nitrogen and oxygen atoms in total. The maximum Gasteiger partial charge on any atom is 0.339 e. The quantitative estimate of drug-likeness (QED) is 0.729. The summed E-state index contributed by atoms with van der Waals surface area (Å²) in [6, 6.07) is 5.36. The number of carboxylic acids is 1. The molecular formula is C15H22O3Zr. The Morgan fingerprint density at radius 1 is 1.21 bits per heavy atom. The van der Waals surface area contributed by atoms with Gasteiger partial charge >= 0.3 is 5.97 Å². The normalized spacial score (nSPS) is 9.79. The fraction of sp³-hybridized carbons (Fsp3) is 0.533. The molecule has 104 valence electrons. The average molecular weight is 342 g/mol. The summed E-state index contributed by atoms with van der Waals surface area (Å²) in [5.41, 5.74) is 1.28. The van der Waals surface area contributed by atoms with Gasteiger partial charge in [-0.1, -0.05) is 38.8 Å². The molecule has 0 radical (unpaired) electrons. The number of carbonyl (C=O) groups is 1. The van der Waals surface area contributed by atoms with Crippen molar-refractivity contribution in [3.63, 3.8) is 0 Å². The zero-order chi connectivity index (χ0) is 13.4. The number of para-hydroxylation sites is 1. The van der Waals surface area contributed by atoms with Gasteiger partial charge in [0.05, 0.1) is 6.61 Å². The fourth-order valence-corrected chi connectivity index (χ4v) is 1.81. The van der Waals surface area contributed by atoms with Gasteiger partial charge < -0.3 is 9.84 Å². The van der Waals surface area contributed by atoms with Gasteiger partial charge in [0.15, 0.2) is 0 Å². The smallest absolute Gasteiger partial charge is 0.339 e. The summed E-state index contributed by atoms with van der Waals surface area (Å²) < 4.78 is 5.69. The molecule has 0 amide bonds. The summed E-state index contributed by atoms with van der Waals surface area (Å²) in [4.78, 5) is 11.2. The van der Waals surface area contributed by atoms with Gasteiger partial charge in [-0.25, -0.2) is 4.79 Å². The fourth-order valence-electron chi connectivity index (χ4n) is 1.81. The van der Waals surface area contributed by atoms with E-state index in [9.17, 15) is 9.90 Å². The van der Waals surface area contributed by atoms with E-state index >= 15 is 0 Å². The first-order chi connectivity index (χ1) is 8.70. The van der Waals surface area contributed by atoms with Gasteiger partial charge in [0, 0.05) is 26.2 Å². The van der Waals surface area contributed by atoms with Crippen LogP contribution in [0.1, 0.15) is 55.5 Å². The third kappa shape index (κ3) is 5.90. The minimum atomic E-state index is -0.917. The van der Waals surface area contributed by atoms with Crippen LogP contribution in [-0.2, 0) is 32.6 Å². The molecule has 0 aliphatic heterocycles. The second-order valence-corrected chi connectivity index (χ2v) is 4.40. The molecule has 1 rings (SSSR count). The minimum absolute atomic E-state index is 0. The number of hydrogen-bond acceptors (Lipinski definition) is 2. The van der Waals surface area contributed by atoms with Crippen LogP contribution in [0.15, 0.2) is 18.2 Å². The van der Waals surface area contributed by atoms with Crippen molar-refractivity contribution in [2.45, 2.75) is 46.0 Å². The summed E-state index contributed by atoms with van der Waals surface area (Å²) >= 11 is 0. The van der Waals surface area contributed by atoms with Gasteiger partial charge in [-0.05, 0) is 30.9 Å². The summed E-state index contributed by atoms with van der Waals surface area (Å²) in [5.74, 6) is -0.355. The van der Waals surface area contributed by atoms with Crippen LogP contribution < -0.4 is 4.74 Å². The Hall–Kier alpha value is -0.627. The third-order valence-corrected chi connectivity index (χ3v) is 2.87. The number of aryl methyl sites for hydroxylation is 1. The topological polar surface area (TPSA) is 46.5 Å². The molecule has 0 aliphatic rings. The van der Waals surface area contributed by atoms with Crippen molar-refractivity contribution in [2.75, 3.05) is 6.61 Å². The maximum atomic E-state index is 11.2. The third-order valence-electron chi connectivity index (χ3n) is 2.87. The molecular weight excluding hydrogens is 319 g/mol. The Balaban J connectivity index is 0.00000324. The zero-order valence-electron chi connectivity index (χ0n) is 11.7. The van der Waals surface area contributed by atoms with E-state index in [0.29, 0.717) is 12.4 Å². The van der Waals surface area contributed by atoms with E-state index < -0.39 is 5.97 Å². The number of aromatic carboxylic acids is 1. The number of hydrogen-bond donors (Lipinski definition) is 1. The Bertz CT molecular complexity index is 391. The molecule has 0 atom stereocenters. The molecule has 0 unspecified atom stereocenters. The van der Waals surface area contributed by atoms with Gasteiger partial charge in [0.2, 0.25) is 0 Å². The first kappa shape index (κ1) is 18.4. The van der Waals surface area contributed by atoms with Gasteiger partial charge in [0.1, 0.15) is 11.3 Å². The number of benzene rings is 1. The Labute approximate surface area is 134 Å². The van der Waals surface area contributed by atoms with Crippen molar-refractivity contribution in [1.29, 1.82) is 0 Å².